The molecule has 0 saturated carbocycles. The van der Waals surface area contributed by atoms with Crippen LogP contribution in [0.15, 0.2) is 29.2 Å². The van der Waals surface area contributed by atoms with Crippen LogP contribution in [0.5, 0.6) is 0 Å². The van der Waals surface area contributed by atoms with E-state index in [0.717, 1.165) is 16.7 Å². The van der Waals surface area contributed by atoms with E-state index >= 15 is 0 Å². The number of nitrogens with zero attached hydrogens (tertiary/aromatic N) is 2. The summed E-state index contributed by atoms with van der Waals surface area (Å²) >= 11 is 0.773. The Morgan fingerprint density at radius 2 is 2.00 bits per heavy atom. The second kappa shape index (κ2) is 7.11. The molecule has 1 heterocycles. The molecule has 23 heavy (non-hydrogen) atoms. The second-order valence-corrected chi connectivity index (χ2v) is 6.03. The fourth-order valence-corrected chi connectivity index (χ4v) is 2.71. The van der Waals surface area contributed by atoms with Crippen molar-refractivity contribution in [2.45, 2.75) is 20.0 Å². The van der Waals surface area contributed by atoms with Crippen molar-refractivity contribution in [3.8, 4) is 6.07 Å². The highest BCUT2D eigenvalue weighted by Gasteiger charge is 2.36. The van der Waals surface area contributed by atoms with Gasteiger partial charge in [0, 0.05) is 0 Å². The first-order chi connectivity index (χ1) is 10.9. The summed E-state index contributed by atoms with van der Waals surface area (Å²) in [6.07, 6.45) is 1.25. The molecular weight excluding hydrogens is 316 g/mol. The SMILES string of the molecule is CC(C)OC(=O)CN1C(=O)SC(=Cc2ccc(C#N)cc2)C1=O. The molecule has 0 atom stereocenters. The highest BCUT2D eigenvalue weighted by Crippen LogP contribution is 2.32. The molecule has 1 aromatic carbocycles. The number of nitriles is 1. The third kappa shape index (κ3) is 4.20. The minimum atomic E-state index is -0.623. The maximum atomic E-state index is 12.2. The van der Waals surface area contributed by atoms with Crippen molar-refractivity contribution in [2.75, 3.05) is 6.54 Å². The molecule has 1 fully saturated rings. The van der Waals surface area contributed by atoms with Crippen molar-refractivity contribution >= 4 is 35.0 Å². The van der Waals surface area contributed by atoms with Gasteiger partial charge < -0.3 is 4.74 Å². The Kier molecular flexibility index (Phi) is 5.19. The lowest BCUT2D eigenvalue weighted by molar-refractivity contribution is -0.149. The zero-order chi connectivity index (χ0) is 17.0. The Morgan fingerprint density at radius 1 is 1.35 bits per heavy atom. The van der Waals surface area contributed by atoms with Gasteiger partial charge >= 0.3 is 5.97 Å². The lowest BCUT2D eigenvalue weighted by Gasteiger charge is -2.13. The number of hydrogen-bond acceptors (Lipinski definition) is 6. The summed E-state index contributed by atoms with van der Waals surface area (Å²) in [5.74, 6) is -1.15. The standard InChI is InChI=1S/C16H14N2O4S/c1-10(2)22-14(19)9-18-15(20)13(23-16(18)21)7-11-3-5-12(8-17)6-4-11/h3-7,10H,9H2,1-2H3. The van der Waals surface area contributed by atoms with Crippen LogP contribution in [-0.2, 0) is 14.3 Å². The number of carbonyl (C=O) groups excluding carboxylic acids is 3. The van der Waals surface area contributed by atoms with Crippen LogP contribution in [0, 0.1) is 11.3 Å². The molecule has 2 amide bonds. The molecule has 0 spiro atoms. The average Bonchev–Trinajstić information content (AvgIpc) is 2.75. The summed E-state index contributed by atoms with van der Waals surface area (Å²) in [5.41, 5.74) is 1.20. The van der Waals surface area contributed by atoms with Gasteiger partial charge in [0.05, 0.1) is 22.6 Å². The Morgan fingerprint density at radius 3 is 2.57 bits per heavy atom. The van der Waals surface area contributed by atoms with Crippen molar-refractivity contribution in [1.82, 2.24) is 4.90 Å². The van der Waals surface area contributed by atoms with E-state index < -0.39 is 23.7 Å². The van der Waals surface area contributed by atoms with Crippen LogP contribution in [-0.4, -0.2) is 34.7 Å². The van der Waals surface area contributed by atoms with Gasteiger partial charge in [-0.15, -0.1) is 0 Å². The average molecular weight is 330 g/mol. The molecule has 0 radical (unpaired) electrons. The van der Waals surface area contributed by atoms with E-state index in [-0.39, 0.29) is 11.0 Å². The van der Waals surface area contributed by atoms with Crippen LogP contribution in [0.2, 0.25) is 0 Å². The number of amides is 2. The van der Waals surface area contributed by atoms with E-state index in [1.165, 1.54) is 0 Å². The summed E-state index contributed by atoms with van der Waals surface area (Å²) in [6, 6.07) is 8.60. The largest absolute Gasteiger partial charge is 0.462 e. The van der Waals surface area contributed by atoms with Crippen LogP contribution < -0.4 is 0 Å². The molecular formula is C16H14N2O4S. The van der Waals surface area contributed by atoms with Crippen LogP contribution in [0.25, 0.3) is 6.08 Å². The number of benzene rings is 1. The number of esters is 1. The molecule has 0 aromatic heterocycles. The molecule has 7 heteroatoms. The molecule has 118 valence electrons. The zero-order valence-corrected chi connectivity index (χ0v) is 13.4. The second-order valence-electron chi connectivity index (χ2n) is 5.04. The molecule has 1 aliphatic rings. The Hall–Kier alpha value is -2.59. The normalized spacial score (nSPS) is 16.1. The lowest BCUT2D eigenvalue weighted by Crippen LogP contribution is -2.35. The van der Waals surface area contributed by atoms with Gasteiger partial charge in [-0.3, -0.25) is 19.3 Å². The first-order valence-electron chi connectivity index (χ1n) is 6.85. The molecule has 2 rings (SSSR count). The Labute approximate surface area is 137 Å². The smallest absolute Gasteiger partial charge is 0.326 e. The first-order valence-corrected chi connectivity index (χ1v) is 7.67. The van der Waals surface area contributed by atoms with Crippen molar-refractivity contribution in [3.05, 3.63) is 40.3 Å². The van der Waals surface area contributed by atoms with Gasteiger partial charge in [-0.1, -0.05) is 12.1 Å². The summed E-state index contributed by atoms with van der Waals surface area (Å²) in [4.78, 5) is 36.8. The van der Waals surface area contributed by atoms with Gasteiger partial charge in [0.2, 0.25) is 0 Å². The Bertz CT molecular complexity index is 717. The predicted octanol–water partition coefficient (Wildman–Crippen LogP) is 2.55. The quantitative estimate of drug-likeness (QED) is 0.623. The van der Waals surface area contributed by atoms with Crippen molar-refractivity contribution in [1.29, 1.82) is 5.26 Å². The number of thioether (sulfide) groups is 1. The fraction of sp³-hybridized carbons (Fsp3) is 0.250. The number of hydrogen-bond donors (Lipinski definition) is 0. The molecule has 0 N–H and O–H groups in total. The number of ether oxygens (including phenoxy) is 1. The maximum absolute atomic E-state index is 12.2. The topological polar surface area (TPSA) is 87.5 Å². The maximum Gasteiger partial charge on any atom is 0.326 e. The summed E-state index contributed by atoms with van der Waals surface area (Å²) in [7, 11) is 0. The number of imide groups is 1. The van der Waals surface area contributed by atoms with Gasteiger partial charge in [0.1, 0.15) is 6.54 Å². The summed E-state index contributed by atoms with van der Waals surface area (Å²) in [5, 5.41) is 8.25. The lowest BCUT2D eigenvalue weighted by atomic mass is 10.1. The Balaban J connectivity index is 2.12. The van der Waals surface area contributed by atoms with Crippen molar-refractivity contribution in [3.63, 3.8) is 0 Å². The van der Waals surface area contributed by atoms with Crippen LogP contribution >= 0.6 is 11.8 Å². The molecule has 0 bridgehead atoms. The van der Waals surface area contributed by atoms with E-state index in [1.54, 1.807) is 44.2 Å². The van der Waals surface area contributed by atoms with Crippen LogP contribution in [0.4, 0.5) is 4.79 Å². The highest BCUT2D eigenvalue weighted by atomic mass is 32.2. The molecule has 0 unspecified atom stereocenters. The van der Waals surface area contributed by atoms with E-state index in [4.69, 9.17) is 10.00 Å². The predicted molar refractivity (Wildman–Crippen MR) is 85.1 cm³/mol. The zero-order valence-electron chi connectivity index (χ0n) is 12.6. The minimum absolute atomic E-state index is 0.233. The molecule has 1 aliphatic heterocycles. The van der Waals surface area contributed by atoms with Gasteiger partial charge in [-0.05, 0) is 49.4 Å². The van der Waals surface area contributed by atoms with E-state index in [1.807, 2.05) is 6.07 Å². The van der Waals surface area contributed by atoms with E-state index in [2.05, 4.69) is 0 Å². The fourth-order valence-electron chi connectivity index (χ4n) is 1.87. The van der Waals surface area contributed by atoms with Crippen LogP contribution in [0.3, 0.4) is 0 Å². The third-order valence-electron chi connectivity index (χ3n) is 2.87. The molecule has 6 nitrogen and oxygen atoms in total. The minimum Gasteiger partial charge on any atom is -0.462 e. The van der Waals surface area contributed by atoms with Crippen LogP contribution in [0.1, 0.15) is 25.0 Å². The molecule has 0 aliphatic carbocycles. The van der Waals surface area contributed by atoms with Crippen molar-refractivity contribution < 1.29 is 19.1 Å². The monoisotopic (exact) mass is 330 g/mol. The summed E-state index contributed by atoms with van der Waals surface area (Å²) in [6.45, 7) is 2.99. The van der Waals surface area contributed by atoms with E-state index in [9.17, 15) is 14.4 Å². The van der Waals surface area contributed by atoms with Gasteiger partial charge in [-0.25, -0.2) is 0 Å². The molecule has 1 aromatic rings. The molecule has 1 saturated heterocycles. The van der Waals surface area contributed by atoms with Crippen molar-refractivity contribution in [2.24, 2.45) is 0 Å². The number of carbonyl (C=O) groups is 3. The van der Waals surface area contributed by atoms with E-state index in [0.29, 0.717) is 11.1 Å². The van der Waals surface area contributed by atoms with Gasteiger partial charge in [-0.2, -0.15) is 5.26 Å². The number of rotatable bonds is 4. The van der Waals surface area contributed by atoms with Gasteiger partial charge in [0.25, 0.3) is 11.1 Å². The third-order valence-corrected chi connectivity index (χ3v) is 3.77. The first kappa shape index (κ1) is 16.8. The highest BCUT2D eigenvalue weighted by molar-refractivity contribution is 8.18. The summed E-state index contributed by atoms with van der Waals surface area (Å²) < 4.78 is 4.94. The van der Waals surface area contributed by atoms with Gasteiger partial charge in [0.15, 0.2) is 0 Å².